The Labute approximate surface area is 111 Å². The highest BCUT2D eigenvalue weighted by Gasteiger charge is 2.18. The van der Waals surface area contributed by atoms with Crippen LogP contribution in [-0.4, -0.2) is 14.8 Å². The van der Waals surface area contributed by atoms with Gasteiger partial charge in [0.25, 0.3) is 0 Å². The summed E-state index contributed by atoms with van der Waals surface area (Å²) in [5, 5.41) is 4.68. The molecule has 0 atom stereocenters. The van der Waals surface area contributed by atoms with E-state index in [2.05, 4.69) is 37.9 Å². The maximum Gasteiger partial charge on any atom is 0.349 e. The topological polar surface area (TPSA) is 70.7 Å². The number of hydrogen-bond acceptors (Lipinski definition) is 2. The van der Waals surface area contributed by atoms with Crippen LogP contribution in [0.3, 0.4) is 0 Å². The van der Waals surface area contributed by atoms with E-state index in [1.54, 1.807) is 0 Å². The molecule has 2 N–H and O–H groups in total. The van der Waals surface area contributed by atoms with Crippen molar-refractivity contribution in [1.82, 2.24) is 14.8 Å². The van der Waals surface area contributed by atoms with Crippen molar-refractivity contribution in [3.8, 4) is 5.69 Å². The van der Waals surface area contributed by atoms with Crippen molar-refractivity contribution in [1.29, 1.82) is 0 Å². The fourth-order valence-corrected chi connectivity index (χ4v) is 2.28. The van der Waals surface area contributed by atoms with Gasteiger partial charge in [-0.3, -0.25) is 0 Å². The number of hydrogen-bond donors (Lipinski definition) is 2. The van der Waals surface area contributed by atoms with Crippen molar-refractivity contribution >= 4 is 0 Å². The average Bonchev–Trinajstić information content (AvgIpc) is 2.67. The first-order valence-electron chi connectivity index (χ1n) is 6.46. The van der Waals surface area contributed by atoms with Crippen LogP contribution in [0.15, 0.2) is 27.8 Å². The molecular formula is C14H19N3O2. The van der Waals surface area contributed by atoms with Crippen molar-refractivity contribution < 1.29 is 0 Å². The number of rotatable bonds is 3. The summed E-state index contributed by atoms with van der Waals surface area (Å²) in [6.45, 7) is 8.20. The van der Waals surface area contributed by atoms with Gasteiger partial charge in [0.2, 0.25) is 0 Å². The number of benzene rings is 1. The van der Waals surface area contributed by atoms with Gasteiger partial charge in [-0.2, -0.15) is 0 Å². The van der Waals surface area contributed by atoms with E-state index < -0.39 is 11.4 Å². The number of nitrogens with zero attached hydrogens (tertiary/aromatic N) is 1. The molecule has 0 radical (unpaired) electrons. The van der Waals surface area contributed by atoms with Gasteiger partial charge in [0, 0.05) is 0 Å². The van der Waals surface area contributed by atoms with E-state index in [0.717, 1.165) is 11.1 Å². The van der Waals surface area contributed by atoms with Gasteiger partial charge in [-0.15, -0.1) is 0 Å². The zero-order valence-corrected chi connectivity index (χ0v) is 11.7. The molecule has 102 valence electrons. The summed E-state index contributed by atoms with van der Waals surface area (Å²) in [5.41, 5.74) is 1.84. The lowest BCUT2D eigenvalue weighted by Gasteiger charge is -2.18. The van der Waals surface area contributed by atoms with Gasteiger partial charge < -0.3 is 0 Å². The van der Waals surface area contributed by atoms with E-state index in [9.17, 15) is 9.59 Å². The van der Waals surface area contributed by atoms with E-state index in [0.29, 0.717) is 5.69 Å². The van der Waals surface area contributed by atoms with Crippen molar-refractivity contribution in [2.45, 2.75) is 39.5 Å². The van der Waals surface area contributed by atoms with Gasteiger partial charge in [0.1, 0.15) is 0 Å². The van der Waals surface area contributed by atoms with Crippen LogP contribution in [0, 0.1) is 0 Å². The normalized spacial score (nSPS) is 11.5. The molecule has 0 bridgehead atoms. The number of aromatic amines is 2. The second kappa shape index (κ2) is 4.91. The Bertz CT molecular complexity index is 635. The van der Waals surface area contributed by atoms with E-state index in [1.165, 1.54) is 4.57 Å². The summed E-state index contributed by atoms with van der Waals surface area (Å²) in [6, 6.07) is 5.90. The molecule has 0 saturated carbocycles. The Morgan fingerprint density at radius 3 is 1.68 bits per heavy atom. The Morgan fingerprint density at radius 2 is 1.32 bits per heavy atom. The highest BCUT2D eigenvalue weighted by atomic mass is 16.2. The van der Waals surface area contributed by atoms with Crippen molar-refractivity contribution in [3.05, 3.63) is 50.3 Å². The van der Waals surface area contributed by atoms with Gasteiger partial charge in [0.15, 0.2) is 0 Å². The molecule has 5 heteroatoms. The third-order valence-electron chi connectivity index (χ3n) is 3.25. The van der Waals surface area contributed by atoms with Crippen LogP contribution in [0.25, 0.3) is 5.69 Å². The van der Waals surface area contributed by atoms with E-state index >= 15 is 0 Å². The molecule has 5 nitrogen and oxygen atoms in total. The Kier molecular flexibility index (Phi) is 3.46. The highest BCUT2D eigenvalue weighted by Crippen LogP contribution is 2.29. The second-order valence-electron chi connectivity index (χ2n) is 5.29. The van der Waals surface area contributed by atoms with Crippen molar-refractivity contribution in [3.63, 3.8) is 0 Å². The fourth-order valence-electron chi connectivity index (χ4n) is 2.28. The zero-order valence-electron chi connectivity index (χ0n) is 11.7. The van der Waals surface area contributed by atoms with Crippen molar-refractivity contribution in [2.24, 2.45) is 0 Å². The highest BCUT2D eigenvalue weighted by molar-refractivity contribution is 5.50. The van der Waals surface area contributed by atoms with Crippen LogP contribution in [0.2, 0.25) is 0 Å². The van der Waals surface area contributed by atoms with E-state index in [-0.39, 0.29) is 11.8 Å². The number of aromatic nitrogens is 3. The van der Waals surface area contributed by atoms with Crippen LogP contribution < -0.4 is 11.4 Å². The van der Waals surface area contributed by atoms with Gasteiger partial charge in [-0.25, -0.2) is 24.4 Å². The first kappa shape index (κ1) is 13.4. The fraction of sp³-hybridized carbons (Fsp3) is 0.429. The molecule has 2 rings (SSSR count). The van der Waals surface area contributed by atoms with Gasteiger partial charge in [-0.1, -0.05) is 45.9 Å². The minimum atomic E-state index is -0.431. The summed E-state index contributed by atoms with van der Waals surface area (Å²) in [4.78, 5) is 23.7. The Balaban J connectivity index is 2.87. The molecule has 19 heavy (non-hydrogen) atoms. The standard InChI is InChI=1S/C14H19N3O2/c1-8(2)10-6-5-7-11(9(3)4)12(10)17-13(18)15-16-14(17)19/h5-9H,1-4H3,(H,15,18)(H,16,19). The molecule has 2 aromatic rings. The quantitative estimate of drug-likeness (QED) is 0.888. The molecule has 0 unspecified atom stereocenters. The number of para-hydroxylation sites is 1. The minimum Gasteiger partial charge on any atom is -0.247 e. The van der Waals surface area contributed by atoms with E-state index in [1.807, 2.05) is 18.2 Å². The molecule has 0 aliphatic heterocycles. The van der Waals surface area contributed by atoms with Gasteiger partial charge in [-0.05, 0) is 23.0 Å². The third kappa shape index (κ3) is 2.28. The number of nitrogens with one attached hydrogen (secondary N) is 2. The second-order valence-corrected chi connectivity index (χ2v) is 5.29. The molecule has 0 aliphatic rings. The van der Waals surface area contributed by atoms with Gasteiger partial charge in [0.05, 0.1) is 5.69 Å². The van der Waals surface area contributed by atoms with Gasteiger partial charge >= 0.3 is 11.4 Å². The van der Waals surface area contributed by atoms with Crippen LogP contribution in [0.5, 0.6) is 0 Å². The Morgan fingerprint density at radius 1 is 0.895 bits per heavy atom. The minimum absolute atomic E-state index is 0.231. The molecule has 1 heterocycles. The molecule has 0 saturated heterocycles. The lowest BCUT2D eigenvalue weighted by Crippen LogP contribution is -2.27. The molecule has 0 amide bonds. The molecule has 1 aromatic carbocycles. The zero-order chi connectivity index (χ0) is 14.2. The smallest absolute Gasteiger partial charge is 0.247 e. The van der Waals surface area contributed by atoms with Crippen molar-refractivity contribution in [2.75, 3.05) is 0 Å². The summed E-state index contributed by atoms with van der Waals surface area (Å²) in [5.74, 6) is 0.463. The lowest BCUT2D eigenvalue weighted by atomic mass is 9.92. The summed E-state index contributed by atoms with van der Waals surface area (Å²) < 4.78 is 1.19. The predicted molar refractivity (Wildman–Crippen MR) is 75.2 cm³/mol. The van der Waals surface area contributed by atoms with Crippen LogP contribution in [0.1, 0.15) is 50.7 Å². The summed E-state index contributed by atoms with van der Waals surface area (Å²) in [7, 11) is 0. The maximum absolute atomic E-state index is 11.9. The monoisotopic (exact) mass is 261 g/mol. The Hall–Kier alpha value is -2.04. The molecule has 0 aliphatic carbocycles. The molecule has 1 aromatic heterocycles. The maximum atomic E-state index is 11.9. The number of H-pyrrole nitrogens is 2. The first-order valence-corrected chi connectivity index (χ1v) is 6.46. The lowest BCUT2D eigenvalue weighted by molar-refractivity contribution is 0.789. The van der Waals surface area contributed by atoms with Crippen LogP contribution >= 0.6 is 0 Å². The largest absolute Gasteiger partial charge is 0.349 e. The summed E-state index contributed by atoms with van der Waals surface area (Å²) in [6.07, 6.45) is 0. The van der Waals surface area contributed by atoms with E-state index in [4.69, 9.17) is 0 Å². The summed E-state index contributed by atoms with van der Waals surface area (Å²) >= 11 is 0. The first-order chi connectivity index (χ1) is 8.93. The SMILES string of the molecule is CC(C)c1cccc(C(C)C)c1-n1c(=O)[nH][nH]c1=O. The molecule has 0 spiro atoms. The molecule has 0 fully saturated rings. The molecular weight excluding hydrogens is 242 g/mol. The average molecular weight is 261 g/mol. The predicted octanol–water partition coefficient (Wildman–Crippen LogP) is 2.10. The van der Waals surface area contributed by atoms with Crippen LogP contribution in [-0.2, 0) is 0 Å². The third-order valence-corrected chi connectivity index (χ3v) is 3.25. The van der Waals surface area contributed by atoms with Crippen LogP contribution in [0.4, 0.5) is 0 Å².